The molecule has 7 heteroatoms. The summed E-state index contributed by atoms with van der Waals surface area (Å²) in [4.78, 5) is 42.1. The van der Waals surface area contributed by atoms with Crippen molar-refractivity contribution in [3.63, 3.8) is 0 Å². The van der Waals surface area contributed by atoms with Crippen molar-refractivity contribution in [2.75, 3.05) is 12.4 Å². The van der Waals surface area contributed by atoms with E-state index in [1.807, 2.05) is 54.6 Å². The standard InChI is InChI=1S/C27H27N3O4/c1-27(2)13-19-22(20(31)14-27)21(17-9-11-18(34-3)12-10-17)23-24(28-19)30(26(33)29-25(23)32)15-16-7-5-4-6-8-16/h4-12,21,28H,13-15H2,1-3H3,(H,29,32,33). The second-order valence-corrected chi connectivity index (χ2v) is 9.76. The molecule has 0 amide bonds. The largest absolute Gasteiger partial charge is 0.497 e. The summed E-state index contributed by atoms with van der Waals surface area (Å²) in [6.45, 7) is 4.41. The van der Waals surface area contributed by atoms with E-state index in [-0.39, 0.29) is 11.2 Å². The molecular formula is C27H27N3O4. The van der Waals surface area contributed by atoms with Gasteiger partial charge in [0.2, 0.25) is 0 Å². The van der Waals surface area contributed by atoms with Gasteiger partial charge in [-0.05, 0) is 35.1 Å². The highest BCUT2D eigenvalue weighted by molar-refractivity contribution is 6.01. The third kappa shape index (κ3) is 3.77. The van der Waals surface area contributed by atoms with Crippen LogP contribution in [0.3, 0.4) is 0 Å². The maximum atomic E-state index is 13.4. The smallest absolute Gasteiger partial charge is 0.330 e. The lowest BCUT2D eigenvalue weighted by atomic mass is 9.69. The van der Waals surface area contributed by atoms with Crippen LogP contribution in [0.2, 0.25) is 0 Å². The summed E-state index contributed by atoms with van der Waals surface area (Å²) in [6, 6.07) is 17.0. The molecule has 0 bridgehead atoms. The lowest BCUT2D eigenvalue weighted by Crippen LogP contribution is -2.42. The lowest BCUT2D eigenvalue weighted by molar-refractivity contribution is -0.118. The molecule has 0 saturated heterocycles. The fraction of sp³-hybridized carbons (Fsp3) is 0.296. The normalized spacial score (nSPS) is 18.7. The number of ether oxygens (including phenoxy) is 1. The van der Waals surface area contributed by atoms with Gasteiger partial charge < -0.3 is 10.1 Å². The number of Topliss-reactive ketones (excluding diaryl/α,β-unsaturated/α-hetero) is 1. The van der Waals surface area contributed by atoms with Crippen LogP contribution in [0, 0.1) is 5.41 Å². The number of allylic oxidation sites excluding steroid dienone is 2. The monoisotopic (exact) mass is 457 g/mol. The molecule has 34 heavy (non-hydrogen) atoms. The number of fused-ring (bicyclic) bond motifs is 1. The van der Waals surface area contributed by atoms with Crippen molar-refractivity contribution in [3.05, 3.63) is 103 Å². The number of carbonyl (C=O) groups excluding carboxylic acids is 1. The number of carbonyl (C=O) groups is 1. The minimum Gasteiger partial charge on any atom is -0.497 e. The quantitative estimate of drug-likeness (QED) is 0.622. The summed E-state index contributed by atoms with van der Waals surface area (Å²) in [5, 5.41) is 3.35. The number of methoxy groups -OCH3 is 1. The first-order valence-corrected chi connectivity index (χ1v) is 11.4. The van der Waals surface area contributed by atoms with E-state index >= 15 is 0 Å². The molecule has 1 aliphatic carbocycles. The zero-order chi connectivity index (χ0) is 24.0. The molecule has 1 aliphatic heterocycles. The summed E-state index contributed by atoms with van der Waals surface area (Å²) in [7, 11) is 1.59. The van der Waals surface area contributed by atoms with Crippen LogP contribution in [0.1, 0.15) is 49.3 Å². The van der Waals surface area contributed by atoms with Crippen molar-refractivity contribution < 1.29 is 9.53 Å². The van der Waals surface area contributed by atoms with Crippen LogP contribution < -0.4 is 21.3 Å². The number of hydrogen-bond acceptors (Lipinski definition) is 5. The fourth-order valence-electron chi connectivity index (χ4n) is 5.10. The van der Waals surface area contributed by atoms with Gasteiger partial charge in [-0.1, -0.05) is 56.3 Å². The first-order chi connectivity index (χ1) is 16.3. The summed E-state index contributed by atoms with van der Waals surface area (Å²) in [5.74, 6) is 0.575. The Morgan fingerprint density at radius 2 is 1.71 bits per heavy atom. The van der Waals surface area contributed by atoms with Crippen molar-refractivity contribution in [1.82, 2.24) is 9.55 Å². The number of benzene rings is 2. The zero-order valence-electron chi connectivity index (χ0n) is 19.5. The van der Waals surface area contributed by atoms with Crippen LogP contribution in [0.15, 0.2) is 75.5 Å². The Hall–Kier alpha value is -3.87. The number of hydrogen-bond donors (Lipinski definition) is 2. The average molecular weight is 458 g/mol. The van der Waals surface area contributed by atoms with Crippen LogP contribution in [0.25, 0.3) is 0 Å². The first-order valence-electron chi connectivity index (χ1n) is 11.4. The number of aromatic nitrogens is 2. The highest BCUT2D eigenvalue weighted by Gasteiger charge is 2.42. The average Bonchev–Trinajstić information content (AvgIpc) is 2.80. The van der Waals surface area contributed by atoms with E-state index in [4.69, 9.17) is 4.74 Å². The van der Waals surface area contributed by atoms with E-state index in [2.05, 4.69) is 24.1 Å². The summed E-state index contributed by atoms with van der Waals surface area (Å²) >= 11 is 0. The van der Waals surface area contributed by atoms with Crippen LogP contribution in [0.4, 0.5) is 5.82 Å². The van der Waals surface area contributed by atoms with E-state index in [0.29, 0.717) is 42.1 Å². The molecule has 7 nitrogen and oxygen atoms in total. The molecule has 0 radical (unpaired) electrons. The van der Waals surface area contributed by atoms with E-state index in [9.17, 15) is 14.4 Å². The molecule has 1 atom stereocenters. The third-order valence-electron chi connectivity index (χ3n) is 6.63. The van der Waals surface area contributed by atoms with E-state index in [1.54, 1.807) is 11.7 Å². The number of anilines is 1. The Kier molecular flexibility index (Phi) is 5.27. The molecule has 3 aromatic rings. The van der Waals surface area contributed by atoms with Gasteiger partial charge in [-0.25, -0.2) is 4.79 Å². The molecule has 0 saturated carbocycles. The SMILES string of the molecule is COc1ccc(C2C3=C(CC(C)(C)CC3=O)Nc3c2c(=O)[nH]c(=O)n3Cc2ccccc2)cc1. The predicted octanol–water partition coefficient (Wildman–Crippen LogP) is 3.79. The van der Waals surface area contributed by atoms with E-state index < -0.39 is 17.2 Å². The Labute approximate surface area is 197 Å². The van der Waals surface area contributed by atoms with Crippen LogP contribution in [-0.4, -0.2) is 22.4 Å². The maximum absolute atomic E-state index is 13.4. The van der Waals surface area contributed by atoms with Crippen molar-refractivity contribution in [2.45, 2.75) is 39.2 Å². The number of ketones is 1. The second kappa shape index (κ2) is 8.17. The highest BCUT2D eigenvalue weighted by Crippen LogP contribution is 2.47. The minimum absolute atomic E-state index is 0.0189. The van der Waals surface area contributed by atoms with Crippen molar-refractivity contribution in [2.24, 2.45) is 5.41 Å². The minimum atomic E-state index is -0.577. The highest BCUT2D eigenvalue weighted by atomic mass is 16.5. The molecule has 2 heterocycles. The van der Waals surface area contributed by atoms with Gasteiger partial charge >= 0.3 is 5.69 Å². The van der Waals surface area contributed by atoms with Crippen molar-refractivity contribution in [1.29, 1.82) is 0 Å². The Morgan fingerprint density at radius 1 is 1.00 bits per heavy atom. The van der Waals surface area contributed by atoms with E-state index in [0.717, 1.165) is 16.8 Å². The molecule has 1 unspecified atom stereocenters. The molecule has 174 valence electrons. The molecular weight excluding hydrogens is 430 g/mol. The Morgan fingerprint density at radius 3 is 2.38 bits per heavy atom. The number of nitrogens with zero attached hydrogens (tertiary/aromatic N) is 1. The summed E-state index contributed by atoms with van der Waals surface area (Å²) < 4.78 is 6.86. The zero-order valence-corrected chi connectivity index (χ0v) is 19.5. The van der Waals surface area contributed by atoms with Gasteiger partial charge in [-0.2, -0.15) is 0 Å². The number of H-pyrrole nitrogens is 1. The Balaban J connectivity index is 1.75. The number of aromatic amines is 1. The topological polar surface area (TPSA) is 93.2 Å². The lowest BCUT2D eigenvalue weighted by Gasteiger charge is -2.39. The molecule has 2 aliphatic rings. The van der Waals surface area contributed by atoms with Crippen LogP contribution in [0.5, 0.6) is 5.75 Å². The predicted molar refractivity (Wildman–Crippen MR) is 130 cm³/mol. The summed E-state index contributed by atoms with van der Waals surface area (Å²) in [5.41, 5.74) is 2.31. The molecule has 1 aromatic heterocycles. The van der Waals surface area contributed by atoms with Gasteiger partial charge in [0.15, 0.2) is 5.78 Å². The molecule has 0 spiro atoms. The Bertz CT molecular complexity index is 1410. The van der Waals surface area contributed by atoms with Gasteiger partial charge in [-0.15, -0.1) is 0 Å². The summed E-state index contributed by atoms with van der Waals surface area (Å²) in [6.07, 6.45) is 1.05. The number of nitrogens with one attached hydrogen (secondary N) is 2. The van der Waals surface area contributed by atoms with Crippen LogP contribution >= 0.6 is 0 Å². The van der Waals surface area contributed by atoms with Gasteiger partial charge in [0.25, 0.3) is 5.56 Å². The number of rotatable bonds is 4. The van der Waals surface area contributed by atoms with E-state index in [1.165, 1.54) is 0 Å². The van der Waals surface area contributed by atoms with Crippen molar-refractivity contribution >= 4 is 11.6 Å². The molecule has 0 fully saturated rings. The second-order valence-electron chi connectivity index (χ2n) is 9.76. The van der Waals surface area contributed by atoms with Gasteiger partial charge in [-0.3, -0.25) is 19.1 Å². The van der Waals surface area contributed by atoms with Gasteiger partial charge in [0.05, 0.1) is 19.2 Å². The third-order valence-corrected chi connectivity index (χ3v) is 6.63. The van der Waals surface area contributed by atoms with Gasteiger partial charge in [0, 0.05) is 23.6 Å². The maximum Gasteiger partial charge on any atom is 0.330 e. The van der Waals surface area contributed by atoms with Crippen LogP contribution in [-0.2, 0) is 11.3 Å². The van der Waals surface area contributed by atoms with Crippen molar-refractivity contribution in [3.8, 4) is 5.75 Å². The molecule has 2 aromatic carbocycles. The first kappa shape index (κ1) is 21.9. The molecule has 5 rings (SSSR count). The van der Waals surface area contributed by atoms with Gasteiger partial charge in [0.1, 0.15) is 11.6 Å². The fourth-order valence-corrected chi connectivity index (χ4v) is 5.10. The molecule has 2 N–H and O–H groups in total.